The molecule has 0 saturated carbocycles. The predicted octanol–water partition coefficient (Wildman–Crippen LogP) is 0.884. The summed E-state index contributed by atoms with van der Waals surface area (Å²) >= 11 is 0. The Morgan fingerprint density at radius 2 is 2.06 bits per heavy atom. The van der Waals surface area contributed by atoms with Gasteiger partial charge in [-0.05, 0) is 6.92 Å². The molecule has 0 fully saturated rings. The van der Waals surface area contributed by atoms with Crippen molar-refractivity contribution in [3.8, 4) is 11.3 Å². The summed E-state index contributed by atoms with van der Waals surface area (Å²) in [5, 5.41) is 13.0. The zero-order valence-electron chi connectivity index (χ0n) is 8.88. The van der Waals surface area contributed by atoms with E-state index in [1.54, 1.807) is 20.2 Å². The summed E-state index contributed by atoms with van der Waals surface area (Å²) in [7, 11) is 1.58. The highest BCUT2D eigenvalue weighted by atomic mass is 16.4. The fraction of sp³-hybridized carbons (Fsp3) is 0.200. The number of carbonyl (C=O) groups is 1. The number of rotatable bonds is 2. The first-order chi connectivity index (χ1) is 7.61. The fourth-order valence-corrected chi connectivity index (χ4v) is 1.54. The van der Waals surface area contributed by atoms with Gasteiger partial charge in [0.2, 0.25) is 0 Å². The summed E-state index contributed by atoms with van der Waals surface area (Å²) in [4.78, 5) is 19.3. The fourth-order valence-electron chi connectivity index (χ4n) is 1.54. The number of carboxylic acid groups (broad SMARTS) is 1. The minimum atomic E-state index is -1.03. The van der Waals surface area contributed by atoms with Gasteiger partial charge in [0.1, 0.15) is 0 Å². The van der Waals surface area contributed by atoms with E-state index in [-0.39, 0.29) is 5.69 Å². The van der Waals surface area contributed by atoms with Gasteiger partial charge in [-0.25, -0.2) is 4.79 Å². The Morgan fingerprint density at radius 3 is 2.69 bits per heavy atom. The van der Waals surface area contributed by atoms with E-state index in [4.69, 9.17) is 5.11 Å². The molecule has 0 atom stereocenters. The second kappa shape index (κ2) is 3.73. The molecule has 2 aromatic rings. The maximum atomic E-state index is 11.1. The average Bonchev–Trinajstić information content (AvgIpc) is 2.61. The van der Waals surface area contributed by atoms with Crippen molar-refractivity contribution in [2.75, 3.05) is 0 Å². The molecule has 6 heteroatoms. The molecule has 0 bridgehead atoms. The molecule has 0 spiro atoms. The van der Waals surface area contributed by atoms with Gasteiger partial charge >= 0.3 is 5.97 Å². The Morgan fingerprint density at radius 1 is 1.38 bits per heavy atom. The number of hydrogen-bond donors (Lipinski definition) is 1. The molecule has 0 radical (unpaired) electrons. The predicted molar refractivity (Wildman–Crippen MR) is 55.9 cm³/mol. The van der Waals surface area contributed by atoms with E-state index in [1.807, 2.05) is 0 Å². The minimum absolute atomic E-state index is 0.114. The van der Waals surface area contributed by atoms with Crippen molar-refractivity contribution in [2.45, 2.75) is 6.92 Å². The van der Waals surface area contributed by atoms with Crippen LogP contribution in [0, 0.1) is 6.92 Å². The summed E-state index contributed by atoms with van der Waals surface area (Å²) in [6.07, 6.45) is 4.58. The SMILES string of the molecule is Cc1nccnc1-c1cnn(C)c1C(=O)O. The molecule has 2 heterocycles. The van der Waals surface area contributed by atoms with Crippen LogP contribution >= 0.6 is 0 Å². The molecule has 6 nitrogen and oxygen atoms in total. The van der Waals surface area contributed by atoms with Crippen molar-refractivity contribution in [1.82, 2.24) is 19.7 Å². The molecule has 0 unspecified atom stereocenters. The third-order valence-electron chi connectivity index (χ3n) is 2.28. The first-order valence-electron chi connectivity index (χ1n) is 4.64. The number of hydrogen-bond acceptors (Lipinski definition) is 4. The Hall–Kier alpha value is -2.24. The number of carboxylic acids is 1. The van der Waals surface area contributed by atoms with Crippen LogP contribution in [-0.2, 0) is 7.05 Å². The molecule has 1 N–H and O–H groups in total. The Kier molecular flexibility index (Phi) is 2.40. The maximum Gasteiger partial charge on any atom is 0.354 e. The van der Waals surface area contributed by atoms with Gasteiger partial charge in [0.05, 0.1) is 23.1 Å². The molecule has 0 amide bonds. The molecule has 0 aliphatic heterocycles. The summed E-state index contributed by atoms with van der Waals surface area (Å²) in [6, 6.07) is 0. The van der Waals surface area contributed by atoms with Crippen LogP contribution in [0.1, 0.15) is 16.2 Å². The van der Waals surface area contributed by atoms with Crippen LogP contribution in [0.3, 0.4) is 0 Å². The van der Waals surface area contributed by atoms with Crippen molar-refractivity contribution in [3.63, 3.8) is 0 Å². The summed E-state index contributed by atoms with van der Waals surface area (Å²) in [5.41, 5.74) is 1.83. The van der Waals surface area contributed by atoms with Crippen molar-refractivity contribution < 1.29 is 9.90 Å². The largest absolute Gasteiger partial charge is 0.477 e. The van der Waals surface area contributed by atoms with Crippen LogP contribution in [0.25, 0.3) is 11.3 Å². The van der Waals surface area contributed by atoms with Gasteiger partial charge in [-0.2, -0.15) is 5.10 Å². The van der Waals surface area contributed by atoms with Gasteiger partial charge in [0.25, 0.3) is 0 Å². The number of aryl methyl sites for hydroxylation is 2. The van der Waals surface area contributed by atoms with E-state index in [9.17, 15) is 4.79 Å². The van der Waals surface area contributed by atoms with Crippen LogP contribution in [0.2, 0.25) is 0 Å². The molecule has 0 aromatic carbocycles. The van der Waals surface area contributed by atoms with Gasteiger partial charge in [0.15, 0.2) is 5.69 Å². The van der Waals surface area contributed by atoms with Crippen LogP contribution in [0.4, 0.5) is 0 Å². The van der Waals surface area contributed by atoms with Crippen LogP contribution in [-0.4, -0.2) is 30.8 Å². The first kappa shape index (κ1) is 10.3. The van der Waals surface area contributed by atoms with Gasteiger partial charge < -0.3 is 5.11 Å². The van der Waals surface area contributed by atoms with Crippen LogP contribution in [0.15, 0.2) is 18.6 Å². The third kappa shape index (κ3) is 1.54. The van der Waals surface area contributed by atoms with Gasteiger partial charge in [0, 0.05) is 19.4 Å². The average molecular weight is 218 g/mol. The molecule has 16 heavy (non-hydrogen) atoms. The Labute approximate surface area is 91.6 Å². The van der Waals surface area contributed by atoms with E-state index in [2.05, 4.69) is 15.1 Å². The second-order valence-electron chi connectivity index (χ2n) is 3.33. The van der Waals surface area contributed by atoms with Crippen LogP contribution < -0.4 is 0 Å². The zero-order chi connectivity index (χ0) is 11.7. The van der Waals surface area contributed by atoms with Gasteiger partial charge in [-0.15, -0.1) is 0 Å². The lowest BCUT2D eigenvalue weighted by Gasteiger charge is -2.02. The molecular formula is C10H10N4O2. The van der Waals surface area contributed by atoms with E-state index in [1.165, 1.54) is 17.1 Å². The lowest BCUT2D eigenvalue weighted by molar-refractivity contribution is 0.0686. The first-order valence-corrected chi connectivity index (χ1v) is 4.64. The molecule has 0 aliphatic rings. The van der Waals surface area contributed by atoms with Crippen LogP contribution in [0.5, 0.6) is 0 Å². The number of aromatic nitrogens is 4. The lowest BCUT2D eigenvalue weighted by atomic mass is 10.1. The lowest BCUT2D eigenvalue weighted by Crippen LogP contribution is -2.07. The zero-order valence-corrected chi connectivity index (χ0v) is 8.88. The summed E-state index contributed by atoms with van der Waals surface area (Å²) in [5.74, 6) is -1.03. The quantitative estimate of drug-likeness (QED) is 0.809. The normalized spacial score (nSPS) is 10.4. The third-order valence-corrected chi connectivity index (χ3v) is 2.28. The highest BCUT2D eigenvalue weighted by molar-refractivity contribution is 5.93. The molecule has 0 saturated heterocycles. The highest BCUT2D eigenvalue weighted by Gasteiger charge is 2.19. The molecule has 2 aromatic heterocycles. The smallest absolute Gasteiger partial charge is 0.354 e. The number of nitrogens with zero attached hydrogens (tertiary/aromatic N) is 4. The number of aromatic carboxylic acids is 1. The second-order valence-corrected chi connectivity index (χ2v) is 3.33. The minimum Gasteiger partial charge on any atom is -0.477 e. The van der Waals surface area contributed by atoms with E-state index >= 15 is 0 Å². The van der Waals surface area contributed by atoms with E-state index in [0.29, 0.717) is 17.0 Å². The van der Waals surface area contributed by atoms with Gasteiger partial charge in [-0.1, -0.05) is 0 Å². The standard InChI is InChI=1S/C10H10N4O2/c1-6-8(12-4-3-11-6)7-5-13-14(2)9(7)10(15)16/h3-5H,1-2H3,(H,15,16). The van der Waals surface area contributed by atoms with Crippen molar-refractivity contribution in [2.24, 2.45) is 7.05 Å². The van der Waals surface area contributed by atoms with Crippen molar-refractivity contribution >= 4 is 5.97 Å². The summed E-state index contributed by atoms with van der Waals surface area (Å²) in [6.45, 7) is 1.78. The molecule has 82 valence electrons. The topological polar surface area (TPSA) is 80.9 Å². The highest BCUT2D eigenvalue weighted by Crippen LogP contribution is 2.22. The maximum absolute atomic E-state index is 11.1. The van der Waals surface area contributed by atoms with E-state index < -0.39 is 5.97 Å². The monoisotopic (exact) mass is 218 g/mol. The van der Waals surface area contributed by atoms with Crippen molar-refractivity contribution in [3.05, 3.63) is 30.0 Å². The molecule has 0 aliphatic carbocycles. The Bertz CT molecular complexity index is 548. The van der Waals surface area contributed by atoms with Crippen molar-refractivity contribution in [1.29, 1.82) is 0 Å². The molecule has 2 rings (SSSR count). The summed E-state index contributed by atoms with van der Waals surface area (Å²) < 4.78 is 1.31. The van der Waals surface area contributed by atoms with E-state index in [0.717, 1.165) is 0 Å². The molecular weight excluding hydrogens is 208 g/mol. The Balaban J connectivity index is 2.66. The van der Waals surface area contributed by atoms with Gasteiger partial charge in [-0.3, -0.25) is 14.6 Å².